The Bertz CT molecular complexity index is 3450. The van der Waals surface area contributed by atoms with E-state index in [0.717, 1.165) is 51.7 Å². The van der Waals surface area contributed by atoms with Gasteiger partial charge in [0.05, 0.1) is 27.9 Å². The molecule has 272 valence electrons. The van der Waals surface area contributed by atoms with Gasteiger partial charge in [-0.3, -0.25) is 0 Å². The second kappa shape index (κ2) is 13.0. The van der Waals surface area contributed by atoms with E-state index >= 15 is 0 Å². The Kier molecular flexibility index (Phi) is 7.29. The molecule has 0 saturated carbocycles. The first-order valence-corrected chi connectivity index (χ1v) is 19.9. The van der Waals surface area contributed by atoms with Gasteiger partial charge in [0, 0.05) is 38.4 Å². The van der Waals surface area contributed by atoms with E-state index in [4.69, 9.17) is 15.0 Å². The van der Waals surface area contributed by atoms with E-state index in [1.54, 1.807) is 0 Å². The van der Waals surface area contributed by atoms with Crippen molar-refractivity contribution >= 4 is 65.9 Å². The van der Waals surface area contributed by atoms with E-state index < -0.39 is 0 Å². The van der Waals surface area contributed by atoms with Crippen molar-refractivity contribution in [2.45, 2.75) is 12.8 Å². The minimum Gasteiger partial charge on any atom is -0.310 e. The number of allylic oxidation sites excluding steroid dienone is 1. The van der Waals surface area contributed by atoms with E-state index in [2.05, 4.69) is 179 Å². The largest absolute Gasteiger partial charge is 0.310 e. The minimum atomic E-state index is 0.662. The molecule has 1 aliphatic carbocycles. The standard InChI is InChI=1S/C53H35N5/c1-3-15-34(16-4-1)51-54-52(37-27-28-43-41-23-11-13-25-46(41)57(49(43)33-37)38-19-5-2-6-20-38)56-53(55-51)44-29-30-48(40-22-10-9-21-39(40)44)58-47-26-14-12-24-42(47)45-31-35-17-7-8-18-36(35)32-50(45)58/h1-26,29-33H,27-28H2. The fraction of sp³-hybridized carbons (Fsp3) is 0.0377. The Hall–Kier alpha value is -7.63. The number of benzene rings is 8. The highest BCUT2D eigenvalue weighted by Gasteiger charge is 2.24. The molecule has 0 atom stereocenters. The first kappa shape index (κ1) is 32.6. The Morgan fingerprint density at radius 2 is 1.00 bits per heavy atom. The van der Waals surface area contributed by atoms with E-state index in [9.17, 15) is 0 Å². The van der Waals surface area contributed by atoms with Gasteiger partial charge < -0.3 is 9.13 Å². The quantitative estimate of drug-likeness (QED) is 0.176. The van der Waals surface area contributed by atoms with Crippen LogP contribution in [0, 0.1) is 0 Å². The van der Waals surface area contributed by atoms with Crippen LogP contribution in [0.2, 0.25) is 0 Å². The van der Waals surface area contributed by atoms with Crippen LogP contribution in [0.25, 0.3) is 100 Å². The summed E-state index contributed by atoms with van der Waals surface area (Å²) in [6.07, 6.45) is 4.04. The van der Waals surface area contributed by atoms with Crippen molar-refractivity contribution < 1.29 is 0 Å². The maximum Gasteiger partial charge on any atom is 0.164 e. The third-order valence-electron chi connectivity index (χ3n) is 11.9. The number of hydrogen-bond donors (Lipinski definition) is 0. The predicted octanol–water partition coefficient (Wildman–Crippen LogP) is 13.0. The molecule has 0 bridgehead atoms. The lowest BCUT2D eigenvalue weighted by Crippen LogP contribution is -2.08. The van der Waals surface area contributed by atoms with E-state index in [-0.39, 0.29) is 0 Å². The van der Waals surface area contributed by atoms with Gasteiger partial charge in [-0.15, -0.1) is 0 Å². The second-order valence-electron chi connectivity index (χ2n) is 15.1. The molecule has 12 rings (SSSR count). The summed E-state index contributed by atoms with van der Waals surface area (Å²) in [5.74, 6) is 2.04. The molecule has 1 aliphatic rings. The Morgan fingerprint density at radius 3 is 1.79 bits per heavy atom. The third kappa shape index (κ3) is 5.07. The number of para-hydroxylation sites is 3. The minimum absolute atomic E-state index is 0.662. The highest BCUT2D eigenvalue weighted by molar-refractivity contribution is 6.15. The molecule has 3 heterocycles. The van der Waals surface area contributed by atoms with Gasteiger partial charge in [-0.2, -0.15) is 0 Å². The zero-order valence-corrected chi connectivity index (χ0v) is 31.5. The zero-order chi connectivity index (χ0) is 38.2. The van der Waals surface area contributed by atoms with Crippen molar-refractivity contribution in [1.82, 2.24) is 24.1 Å². The molecule has 0 unspecified atom stereocenters. The maximum absolute atomic E-state index is 5.35. The van der Waals surface area contributed by atoms with Crippen molar-refractivity contribution in [3.8, 4) is 34.2 Å². The number of nitrogens with zero attached hydrogens (tertiary/aromatic N) is 5. The predicted molar refractivity (Wildman–Crippen MR) is 240 cm³/mol. The van der Waals surface area contributed by atoms with Crippen LogP contribution in [0.4, 0.5) is 0 Å². The lowest BCUT2D eigenvalue weighted by molar-refractivity contribution is 0.947. The van der Waals surface area contributed by atoms with Crippen molar-refractivity contribution in [3.63, 3.8) is 0 Å². The normalized spacial score (nSPS) is 12.8. The first-order chi connectivity index (χ1) is 28.8. The molecule has 58 heavy (non-hydrogen) atoms. The third-order valence-corrected chi connectivity index (χ3v) is 11.9. The molecule has 8 aromatic carbocycles. The molecule has 0 amide bonds. The summed E-state index contributed by atoms with van der Waals surface area (Å²) < 4.78 is 4.81. The zero-order valence-electron chi connectivity index (χ0n) is 31.5. The summed E-state index contributed by atoms with van der Waals surface area (Å²) in [5.41, 5.74) is 11.4. The van der Waals surface area contributed by atoms with Crippen LogP contribution in [-0.2, 0) is 6.42 Å². The first-order valence-electron chi connectivity index (χ1n) is 19.9. The van der Waals surface area contributed by atoms with E-state index in [0.29, 0.717) is 17.5 Å². The summed E-state index contributed by atoms with van der Waals surface area (Å²) in [7, 11) is 0. The highest BCUT2D eigenvalue weighted by Crippen LogP contribution is 2.41. The Labute approximate surface area is 334 Å². The maximum atomic E-state index is 5.35. The van der Waals surface area contributed by atoms with Crippen LogP contribution < -0.4 is 0 Å². The molecule has 5 heteroatoms. The second-order valence-corrected chi connectivity index (χ2v) is 15.1. The summed E-state index contributed by atoms with van der Waals surface area (Å²) in [6, 6.07) is 64.8. The van der Waals surface area contributed by atoms with Crippen LogP contribution in [0.15, 0.2) is 182 Å². The number of rotatable bonds is 5. The lowest BCUT2D eigenvalue weighted by Gasteiger charge is -2.18. The van der Waals surface area contributed by atoms with Gasteiger partial charge in [0.25, 0.3) is 0 Å². The van der Waals surface area contributed by atoms with Crippen LogP contribution in [-0.4, -0.2) is 24.1 Å². The van der Waals surface area contributed by atoms with E-state index in [1.165, 1.54) is 54.7 Å². The SMILES string of the molecule is C1=C(c2nc(-c3ccccc3)nc(-c3ccc(-n4c5ccccc5c5cc6ccccc6cc54)c4ccccc34)n2)CCc2c1n(-c1ccccc1)c1ccccc21. The average molecular weight is 742 g/mol. The molecule has 5 nitrogen and oxygen atoms in total. The van der Waals surface area contributed by atoms with Crippen molar-refractivity contribution in [2.24, 2.45) is 0 Å². The molecule has 0 radical (unpaired) electrons. The Balaban J connectivity index is 1.07. The van der Waals surface area contributed by atoms with Crippen LogP contribution in [0.1, 0.15) is 23.5 Å². The topological polar surface area (TPSA) is 48.5 Å². The van der Waals surface area contributed by atoms with Crippen LogP contribution in [0.3, 0.4) is 0 Å². The molecule has 0 aliphatic heterocycles. The number of hydrogen-bond acceptors (Lipinski definition) is 3. The molecular formula is C53H35N5. The fourth-order valence-corrected chi connectivity index (χ4v) is 9.21. The van der Waals surface area contributed by atoms with Gasteiger partial charge >= 0.3 is 0 Å². The van der Waals surface area contributed by atoms with E-state index in [1.807, 2.05) is 18.2 Å². The van der Waals surface area contributed by atoms with Crippen molar-refractivity contribution in [2.75, 3.05) is 0 Å². The number of fused-ring (bicyclic) bond motifs is 8. The lowest BCUT2D eigenvalue weighted by atomic mass is 9.94. The molecule has 0 N–H and O–H groups in total. The van der Waals surface area contributed by atoms with Gasteiger partial charge in [-0.1, -0.05) is 133 Å². The molecule has 0 saturated heterocycles. The fourth-order valence-electron chi connectivity index (χ4n) is 9.21. The summed E-state index contributed by atoms with van der Waals surface area (Å²) in [5, 5.41) is 8.46. The van der Waals surface area contributed by atoms with Crippen LogP contribution in [0.5, 0.6) is 0 Å². The van der Waals surface area contributed by atoms with Gasteiger partial charge in [-0.25, -0.2) is 15.0 Å². The van der Waals surface area contributed by atoms with Gasteiger partial charge in [0.2, 0.25) is 0 Å². The van der Waals surface area contributed by atoms with Crippen molar-refractivity contribution in [3.05, 3.63) is 199 Å². The van der Waals surface area contributed by atoms with Gasteiger partial charge in [0.15, 0.2) is 17.5 Å². The number of aromatic nitrogens is 5. The molecular weight excluding hydrogens is 707 g/mol. The monoisotopic (exact) mass is 741 g/mol. The van der Waals surface area contributed by atoms with Gasteiger partial charge in [-0.05, 0) is 94.7 Å². The Morgan fingerprint density at radius 1 is 0.397 bits per heavy atom. The molecule has 0 spiro atoms. The summed E-state index contributed by atoms with van der Waals surface area (Å²) in [4.78, 5) is 15.8. The molecule has 3 aromatic heterocycles. The molecule has 0 fully saturated rings. The molecule has 11 aromatic rings. The van der Waals surface area contributed by atoms with Crippen molar-refractivity contribution in [1.29, 1.82) is 0 Å². The smallest absolute Gasteiger partial charge is 0.164 e. The highest BCUT2D eigenvalue weighted by atomic mass is 15.0. The average Bonchev–Trinajstić information content (AvgIpc) is 3.80. The number of aryl methyl sites for hydroxylation is 1. The summed E-state index contributed by atoms with van der Waals surface area (Å²) >= 11 is 0. The van der Waals surface area contributed by atoms with Crippen LogP contribution >= 0.6 is 0 Å². The summed E-state index contributed by atoms with van der Waals surface area (Å²) in [6.45, 7) is 0. The van der Waals surface area contributed by atoms with Gasteiger partial charge in [0.1, 0.15) is 0 Å².